The number of hydrogen-bond donors (Lipinski definition) is 6. The minimum Gasteiger partial charge on any atom is -0.450 e. The molecule has 3 aromatic carbocycles. The first-order chi connectivity index (χ1) is 36.4. The number of carbonyl (C=O) groups is 6. The Balaban J connectivity index is 1.83. The molecule has 6 amide bonds. The predicted molar refractivity (Wildman–Crippen MR) is 305 cm³/mol. The van der Waals surface area contributed by atoms with Gasteiger partial charge < -0.3 is 59.8 Å². The molecule has 1 heterocycles. The molecule has 1 aliphatic heterocycles. The lowest BCUT2D eigenvalue weighted by Crippen LogP contribution is -2.69. The summed E-state index contributed by atoms with van der Waals surface area (Å²) >= 11 is 0. The van der Waals surface area contributed by atoms with Crippen LogP contribution in [0.4, 0.5) is 14.4 Å². The zero-order valence-electron chi connectivity index (χ0n) is 48.7. The average molecular weight is 1080 g/mol. The van der Waals surface area contributed by atoms with Crippen molar-refractivity contribution in [2.75, 3.05) is 0 Å². The molecule has 0 unspecified atom stereocenters. The second-order valence-corrected chi connectivity index (χ2v) is 24.4. The molecule has 21 heteroatoms. The van der Waals surface area contributed by atoms with Gasteiger partial charge in [0, 0.05) is 19.3 Å². The van der Waals surface area contributed by atoms with E-state index in [1.165, 1.54) is 0 Å². The van der Waals surface area contributed by atoms with Crippen molar-refractivity contribution in [3.8, 4) is 0 Å². The van der Waals surface area contributed by atoms with Crippen LogP contribution >= 0.6 is 0 Å². The van der Waals surface area contributed by atoms with Crippen LogP contribution in [0.3, 0.4) is 0 Å². The fourth-order valence-corrected chi connectivity index (χ4v) is 8.68. The smallest absolute Gasteiger partial charge is 0.450 e. The molecule has 0 bridgehead atoms. The van der Waals surface area contributed by atoms with Gasteiger partial charge in [0.2, 0.25) is 17.7 Å². The van der Waals surface area contributed by atoms with E-state index in [0.29, 0.717) is 19.3 Å². The lowest BCUT2D eigenvalue weighted by Gasteiger charge is -2.41. The fourth-order valence-electron chi connectivity index (χ4n) is 8.68. The first kappa shape index (κ1) is 64.5. The zero-order chi connectivity index (χ0) is 58.0. The predicted octanol–water partition coefficient (Wildman–Crippen LogP) is 8.13. The average Bonchev–Trinajstić information content (AvgIpc) is 3.31. The Morgan fingerprint density at radius 3 is 0.795 bits per heavy atom. The van der Waals surface area contributed by atoms with E-state index in [1.807, 2.05) is 133 Å². The first-order valence-electron chi connectivity index (χ1n) is 27.4. The molecule has 1 fully saturated rings. The van der Waals surface area contributed by atoms with Crippen LogP contribution in [0.25, 0.3) is 0 Å². The number of rotatable bonds is 24. The SMILES string of the molecule is CC(C)C[C@H](NC(=O)[C@H](Cc1ccccc1)NC(=O)OC(C)(C)C)B1OB([C@H](CC(C)C)NC(=O)[C@H](Cc2ccccc2)NC(=O)OC(C)(C)C)OB([C@H](CC(C)C)NC(=O)[C@H](Cc2ccccc2)NC(=O)OC(C)(C)C)O1. The summed E-state index contributed by atoms with van der Waals surface area (Å²) in [4.78, 5) is 84.4. The van der Waals surface area contributed by atoms with E-state index in [-0.39, 0.29) is 37.0 Å². The molecule has 4 rings (SSSR count). The minimum atomic E-state index is -1.28. The second-order valence-electron chi connectivity index (χ2n) is 24.4. The molecule has 6 N–H and O–H groups in total. The van der Waals surface area contributed by atoms with Gasteiger partial charge in [0.05, 0.1) is 17.8 Å². The molecule has 0 aromatic heterocycles. The quantitative estimate of drug-likeness (QED) is 0.0369. The Morgan fingerprint density at radius 2 is 0.603 bits per heavy atom. The van der Waals surface area contributed by atoms with Gasteiger partial charge in [-0.15, -0.1) is 0 Å². The van der Waals surface area contributed by atoms with Gasteiger partial charge in [-0.3, -0.25) is 14.4 Å². The van der Waals surface area contributed by atoms with Gasteiger partial charge in [-0.25, -0.2) is 14.4 Å². The molecule has 18 nitrogen and oxygen atoms in total. The monoisotopic (exact) mass is 1080 g/mol. The summed E-state index contributed by atoms with van der Waals surface area (Å²) in [7, 11) is -3.84. The maximum Gasteiger partial charge on any atom is 0.453 e. The van der Waals surface area contributed by atoms with Crippen LogP contribution in [0.5, 0.6) is 0 Å². The topological polar surface area (TPSA) is 230 Å². The van der Waals surface area contributed by atoms with Crippen molar-refractivity contribution in [2.45, 2.75) is 195 Å². The van der Waals surface area contributed by atoms with Crippen molar-refractivity contribution in [3.05, 3.63) is 108 Å². The van der Waals surface area contributed by atoms with Crippen LogP contribution in [-0.2, 0) is 61.6 Å². The number of ether oxygens (including phenoxy) is 3. The van der Waals surface area contributed by atoms with Crippen molar-refractivity contribution in [3.63, 3.8) is 0 Å². The van der Waals surface area contributed by atoms with Crippen molar-refractivity contribution in [1.82, 2.24) is 31.9 Å². The van der Waals surface area contributed by atoms with Gasteiger partial charge >= 0.3 is 39.6 Å². The minimum absolute atomic E-state index is 0.0543. The first-order valence-corrected chi connectivity index (χ1v) is 27.4. The number of carbonyl (C=O) groups excluding carboxylic acids is 6. The van der Waals surface area contributed by atoms with E-state index in [4.69, 9.17) is 27.9 Å². The molecule has 0 aliphatic carbocycles. The molecule has 1 saturated heterocycles. The van der Waals surface area contributed by atoms with E-state index < -0.39 is 110 Å². The second kappa shape index (κ2) is 29.8. The lowest BCUT2D eigenvalue weighted by molar-refractivity contribution is -0.124. The standard InChI is InChI=1S/C57H87B3N6O12/c1-37(2)31-46(64-49(67)43(34-40-25-19-16-20-26-40)61-52(70)73-55(7,8)9)58-76-59(47(32-38(3)4)65-50(68)44(35-41-27-21-17-22-28-41)62-53(71)74-56(10,11)12)78-60(77-58)48(33-39(5)6)66-51(69)45(36-42-29-23-18-24-30-42)63-54(72)75-57(13,14)15/h16-30,37-39,43-48H,31-36H2,1-15H3,(H,61,70)(H,62,71)(H,63,72)(H,64,67)(H,65,68)(H,66,69)/t43-,44-,45-,46-,47-,48-/m0/s1. The molecule has 1 aliphatic rings. The Kier molecular flexibility index (Phi) is 24.6. The van der Waals surface area contributed by atoms with E-state index >= 15 is 0 Å². The van der Waals surface area contributed by atoms with Crippen molar-refractivity contribution in [2.24, 2.45) is 17.8 Å². The number of nitrogens with one attached hydrogen (secondary N) is 6. The van der Waals surface area contributed by atoms with Crippen LogP contribution in [0, 0.1) is 17.8 Å². The van der Waals surface area contributed by atoms with Crippen LogP contribution in [0.15, 0.2) is 91.0 Å². The van der Waals surface area contributed by atoms with Gasteiger partial charge in [-0.1, -0.05) is 133 Å². The Hall–Kier alpha value is -6.05. The molecular formula is C57H87B3N6O12. The highest BCUT2D eigenvalue weighted by Crippen LogP contribution is 2.25. The third-order valence-corrected chi connectivity index (χ3v) is 11.8. The Morgan fingerprint density at radius 1 is 0.385 bits per heavy atom. The fraction of sp³-hybridized carbons (Fsp3) is 0.579. The van der Waals surface area contributed by atoms with E-state index in [9.17, 15) is 28.8 Å². The Bertz CT molecular complexity index is 2100. The number of amides is 6. The van der Waals surface area contributed by atoms with Crippen LogP contribution in [0.2, 0.25) is 0 Å². The van der Waals surface area contributed by atoms with Gasteiger partial charge in [0.15, 0.2) is 0 Å². The molecule has 0 radical (unpaired) electrons. The highest BCUT2D eigenvalue weighted by Gasteiger charge is 2.52. The normalized spacial score (nSPS) is 15.5. The summed E-state index contributed by atoms with van der Waals surface area (Å²) in [6, 6.07) is 24.5. The van der Waals surface area contributed by atoms with Crippen molar-refractivity contribution >= 4 is 57.4 Å². The number of hydrogen-bond acceptors (Lipinski definition) is 12. The number of alkyl carbamates (subject to hydrolysis) is 3. The van der Waals surface area contributed by atoms with Gasteiger partial charge in [0.1, 0.15) is 34.9 Å². The third-order valence-electron chi connectivity index (χ3n) is 11.8. The molecule has 0 saturated carbocycles. The maximum absolute atomic E-state index is 14.8. The summed E-state index contributed by atoms with van der Waals surface area (Å²) in [6.45, 7) is 27.5. The van der Waals surface area contributed by atoms with Crippen LogP contribution in [-0.4, -0.2) is 110 Å². The summed E-state index contributed by atoms with van der Waals surface area (Å²) in [5, 5.41) is 17.8. The molecule has 0 spiro atoms. The summed E-state index contributed by atoms with van der Waals surface area (Å²) in [6.07, 6.45) is -1.07. The highest BCUT2D eigenvalue weighted by molar-refractivity contribution is 6.75. The van der Waals surface area contributed by atoms with E-state index in [1.54, 1.807) is 62.3 Å². The molecular weight excluding hydrogens is 993 g/mol. The summed E-state index contributed by atoms with van der Waals surface area (Å²) in [5.41, 5.74) is -0.203. The van der Waals surface area contributed by atoms with Gasteiger partial charge in [-0.05, 0) is 116 Å². The summed E-state index contributed by atoms with van der Waals surface area (Å²) < 4.78 is 37.3. The Labute approximate surface area is 464 Å². The molecule has 6 atom stereocenters. The van der Waals surface area contributed by atoms with E-state index in [0.717, 1.165) is 16.7 Å². The largest absolute Gasteiger partial charge is 0.453 e. The van der Waals surface area contributed by atoms with E-state index in [2.05, 4.69) is 31.9 Å². The van der Waals surface area contributed by atoms with Crippen molar-refractivity contribution < 1.29 is 56.7 Å². The highest BCUT2D eigenvalue weighted by atomic mass is 16.7. The lowest BCUT2D eigenvalue weighted by atomic mass is 9.58. The van der Waals surface area contributed by atoms with Crippen LogP contribution in [0.1, 0.15) is 140 Å². The van der Waals surface area contributed by atoms with Crippen LogP contribution < -0.4 is 31.9 Å². The van der Waals surface area contributed by atoms with Crippen molar-refractivity contribution in [1.29, 1.82) is 0 Å². The third kappa shape index (κ3) is 24.3. The molecule has 78 heavy (non-hydrogen) atoms. The summed E-state index contributed by atoms with van der Waals surface area (Å²) in [5.74, 6) is -4.52. The molecule has 426 valence electrons. The van der Waals surface area contributed by atoms with Gasteiger partial charge in [0.25, 0.3) is 0 Å². The molecule has 3 aromatic rings. The van der Waals surface area contributed by atoms with Gasteiger partial charge in [-0.2, -0.15) is 0 Å². The maximum atomic E-state index is 14.8. The number of benzene rings is 3. The zero-order valence-corrected chi connectivity index (χ0v) is 48.7.